The van der Waals surface area contributed by atoms with Crippen LogP contribution < -0.4 is 9.64 Å². The third kappa shape index (κ3) is 4.93. The molecule has 2 aromatic carbocycles. The van der Waals surface area contributed by atoms with E-state index in [2.05, 4.69) is 4.98 Å². The molecule has 0 atom stereocenters. The summed E-state index contributed by atoms with van der Waals surface area (Å²) < 4.78 is 53.4. The monoisotopic (exact) mass is 523 g/mol. The lowest BCUT2D eigenvalue weighted by Gasteiger charge is -2.25. The van der Waals surface area contributed by atoms with E-state index in [4.69, 9.17) is 9.47 Å². The Morgan fingerprint density at radius 3 is 2.55 bits per heavy atom. The number of pyridine rings is 1. The summed E-state index contributed by atoms with van der Waals surface area (Å²) in [5.74, 6) is -2.57. The van der Waals surface area contributed by atoms with Gasteiger partial charge in [0.2, 0.25) is 0 Å². The van der Waals surface area contributed by atoms with E-state index in [9.17, 15) is 22.8 Å². The quantitative estimate of drug-likeness (QED) is 0.279. The molecule has 1 aliphatic carbocycles. The van der Waals surface area contributed by atoms with E-state index < -0.39 is 23.9 Å². The van der Waals surface area contributed by atoms with E-state index in [0.29, 0.717) is 22.6 Å². The number of ether oxygens (including phenoxy) is 2. The Kier molecular flexibility index (Phi) is 6.56. The highest BCUT2D eigenvalue weighted by molar-refractivity contribution is 6.08. The van der Waals surface area contributed by atoms with Gasteiger partial charge >= 0.3 is 18.1 Å². The van der Waals surface area contributed by atoms with Gasteiger partial charge in [-0.1, -0.05) is 12.1 Å². The van der Waals surface area contributed by atoms with Gasteiger partial charge in [0, 0.05) is 29.8 Å². The second-order valence-electron chi connectivity index (χ2n) is 9.08. The van der Waals surface area contributed by atoms with Crippen LogP contribution in [0.4, 0.5) is 24.7 Å². The van der Waals surface area contributed by atoms with Crippen molar-refractivity contribution in [3.8, 4) is 5.75 Å². The standard InChI is InChI=1S/C28H24F3N3O4/c1-37-22-5-3-4-17(12-22)16-33-11-10-19-13-21(8-9-24(19)33)34(27(36)28(29,30)31)25-23(26(35)38-2)14-20(15-32-25)18-6-7-18/h3-5,8-15,18H,6-7,16H2,1-2H3. The smallest absolute Gasteiger partial charge is 0.472 e. The van der Waals surface area contributed by atoms with Crippen molar-refractivity contribution in [3.63, 3.8) is 0 Å². The Hall–Kier alpha value is -4.34. The van der Waals surface area contributed by atoms with Crippen LogP contribution in [0.1, 0.15) is 40.2 Å². The van der Waals surface area contributed by atoms with E-state index >= 15 is 0 Å². The number of aromatic nitrogens is 2. The number of carbonyl (C=O) groups is 2. The highest BCUT2D eigenvalue weighted by Gasteiger charge is 2.45. The third-order valence-electron chi connectivity index (χ3n) is 6.50. The topological polar surface area (TPSA) is 73.7 Å². The molecule has 0 N–H and O–H groups in total. The van der Waals surface area contributed by atoms with Gasteiger partial charge in [0.1, 0.15) is 11.3 Å². The Labute approximate surface area is 216 Å². The Balaban J connectivity index is 1.58. The fourth-order valence-electron chi connectivity index (χ4n) is 4.45. The summed E-state index contributed by atoms with van der Waals surface area (Å²) in [7, 11) is 2.71. The molecule has 0 bridgehead atoms. The van der Waals surface area contributed by atoms with Gasteiger partial charge in [0.15, 0.2) is 5.82 Å². The normalized spacial score (nSPS) is 13.4. The molecule has 0 unspecified atom stereocenters. The van der Waals surface area contributed by atoms with Crippen molar-refractivity contribution < 1.29 is 32.2 Å². The van der Waals surface area contributed by atoms with Gasteiger partial charge in [0.05, 0.1) is 19.9 Å². The van der Waals surface area contributed by atoms with Gasteiger partial charge in [-0.2, -0.15) is 13.2 Å². The number of halogens is 3. The summed E-state index contributed by atoms with van der Waals surface area (Å²) in [4.78, 5) is 29.9. The minimum absolute atomic E-state index is 0.0734. The highest BCUT2D eigenvalue weighted by atomic mass is 19.4. The molecule has 7 nitrogen and oxygen atoms in total. The fraction of sp³-hybridized carbons (Fsp3) is 0.250. The van der Waals surface area contributed by atoms with Gasteiger partial charge < -0.3 is 14.0 Å². The number of hydrogen-bond acceptors (Lipinski definition) is 5. The van der Waals surface area contributed by atoms with Gasteiger partial charge in [0.25, 0.3) is 0 Å². The van der Waals surface area contributed by atoms with E-state index in [1.54, 1.807) is 19.2 Å². The number of benzene rings is 2. The number of methoxy groups -OCH3 is 2. The lowest BCUT2D eigenvalue weighted by Crippen LogP contribution is -2.39. The Bertz CT molecular complexity index is 1530. The van der Waals surface area contributed by atoms with E-state index in [-0.39, 0.29) is 17.2 Å². The first-order valence-electron chi connectivity index (χ1n) is 11.9. The Morgan fingerprint density at radius 1 is 1.08 bits per heavy atom. The van der Waals surface area contributed by atoms with Crippen LogP contribution in [0.15, 0.2) is 67.0 Å². The van der Waals surface area contributed by atoms with Crippen molar-refractivity contribution in [2.45, 2.75) is 31.5 Å². The number of hydrogen-bond donors (Lipinski definition) is 0. The average Bonchev–Trinajstić information content (AvgIpc) is 3.69. The number of esters is 1. The maximum absolute atomic E-state index is 13.8. The first-order valence-corrected chi connectivity index (χ1v) is 11.9. The summed E-state index contributed by atoms with van der Waals surface area (Å²) in [6.45, 7) is 0.502. The average molecular weight is 524 g/mol. The molecule has 0 saturated heterocycles. The Morgan fingerprint density at radius 2 is 1.87 bits per heavy atom. The van der Waals surface area contributed by atoms with Gasteiger partial charge in [-0.25, -0.2) is 9.78 Å². The van der Waals surface area contributed by atoms with E-state index in [1.165, 1.54) is 24.4 Å². The van der Waals surface area contributed by atoms with E-state index in [1.807, 2.05) is 35.0 Å². The van der Waals surface area contributed by atoms with Gasteiger partial charge in [-0.3, -0.25) is 9.69 Å². The molecular weight excluding hydrogens is 499 g/mol. The van der Waals surface area contributed by atoms with Crippen LogP contribution in [-0.4, -0.2) is 41.8 Å². The molecule has 10 heteroatoms. The second-order valence-corrected chi connectivity index (χ2v) is 9.08. The molecular formula is C28H24F3N3O4. The van der Waals surface area contributed by atoms with Crippen LogP contribution in [0.2, 0.25) is 0 Å². The summed E-state index contributed by atoms with van der Waals surface area (Å²) in [6, 6.07) is 15.3. The lowest BCUT2D eigenvalue weighted by molar-refractivity contribution is -0.169. The largest absolute Gasteiger partial charge is 0.497 e. The van der Waals surface area contributed by atoms with Crippen LogP contribution >= 0.6 is 0 Å². The minimum Gasteiger partial charge on any atom is -0.497 e. The van der Waals surface area contributed by atoms with Crippen LogP contribution in [0.25, 0.3) is 10.9 Å². The summed E-state index contributed by atoms with van der Waals surface area (Å²) in [6.07, 6.45) is -0.185. The van der Waals surface area contributed by atoms with Crippen LogP contribution in [-0.2, 0) is 16.1 Å². The van der Waals surface area contributed by atoms with Crippen LogP contribution in [0.5, 0.6) is 5.75 Å². The second kappa shape index (κ2) is 9.85. The molecule has 2 heterocycles. The first-order chi connectivity index (χ1) is 18.2. The van der Waals surface area contributed by atoms with Crippen molar-refractivity contribution in [2.75, 3.05) is 19.1 Å². The molecule has 38 heavy (non-hydrogen) atoms. The third-order valence-corrected chi connectivity index (χ3v) is 6.50. The SMILES string of the molecule is COC(=O)c1cc(C2CC2)cnc1N(C(=O)C(F)(F)F)c1ccc2c(ccn2Cc2cccc(OC)c2)c1. The number of anilines is 2. The maximum atomic E-state index is 13.8. The molecule has 4 aromatic rings. The van der Waals surface area contributed by atoms with Crippen molar-refractivity contribution in [1.82, 2.24) is 9.55 Å². The van der Waals surface area contributed by atoms with Crippen LogP contribution in [0.3, 0.4) is 0 Å². The zero-order valence-corrected chi connectivity index (χ0v) is 20.7. The first kappa shape index (κ1) is 25.3. The molecule has 0 aliphatic heterocycles. The van der Waals surface area contributed by atoms with Gasteiger partial charge in [-0.05, 0) is 72.4 Å². The predicted molar refractivity (Wildman–Crippen MR) is 135 cm³/mol. The number of amides is 1. The van der Waals surface area contributed by atoms with Gasteiger partial charge in [-0.15, -0.1) is 0 Å². The number of rotatable bonds is 7. The van der Waals surface area contributed by atoms with Crippen molar-refractivity contribution in [1.29, 1.82) is 0 Å². The highest BCUT2D eigenvalue weighted by Crippen LogP contribution is 2.42. The fourth-order valence-corrected chi connectivity index (χ4v) is 4.45. The zero-order valence-electron chi connectivity index (χ0n) is 20.7. The molecule has 1 amide bonds. The van der Waals surface area contributed by atoms with Crippen molar-refractivity contribution >= 4 is 34.3 Å². The van der Waals surface area contributed by atoms with Crippen molar-refractivity contribution in [3.05, 3.63) is 83.7 Å². The minimum atomic E-state index is -5.21. The molecule has 2 aromatic heterocycles. The molecule has 0 spiro atoms. The molecule has 0 radical (unpaired) electrons. The number of nitrogens with zero attached hydrogens (tertiary/aromatic N) is 3. The predicted octanol–water partition coefficient (Wildman–Crippen LogP) is 5.98. The lowest BCUT2D eigenvalue weighted by atomic mass is 10.1. The molecule has 1 saturated carbocycles. The molecule has 1 fully saturated rings. The number of fused-ring (bicyclic) bond motifs is 1. The summed E-state index contributed by atoms with van der Waals surface area (Å²) in [5.41, 5.74) is 2.17. The maximum Gasteiger partial charge on any atom is 0.472 e. The molecule has 196 valence electrons. The van der Waals surface area contributed by atoms with E-state index in [0.717, 1.165) is 36.6 Å². The summed E-state index contributed by atoms with van der Waals surface area (Å²) in [5, 5.41) is 0.611. The van der Waals surface area contributed by atoms with Crippen LogP contribution in [0, 0.1) is 0 Å². The number of alkyl halides is 3. The zero-order chi connectivity index (χ0) is 27.0. The molecule has 5 rings (SSSR count). The molecule has 1 aliphatic rings. The number of carbonyl (C=O) groups excluding carboxylic acids is 2. The van der Waals surface area contributed by atoms with Crippen molar-refractivity contribution in [2.24, 2.45) is 0 Å². The summed E-state index contributed by atoms with van der Waals surface area (Å²) >= 11 is 0.